The zero-order chi connectivity index (χ0) is 22.4. The third-order valence-electron chi connectivity index (χ3n) is 5.58. The largest absolute Gasteiger partial charge is 0.481 e. The molecule has 1 aromatic heterocycles. The van der Waals surface area contributed by atoms with E-state index in [4.69, 9.17) is 16.3 Å². The zero-order valence-corrected chi connectivity index (χ0v) is 19.2. The SMILES string of the molecule is CC(C)CN(c1ccc(C(C)CC(=O)O)cc1Nc1ccc(Cl)nc1)C1CCOCC1. The maximum atomic E-state index is 11.2. The third-order valence-corrected chi connectivity index (χ3v) is 5.80. The van der Waals surface area contributed by atoms with Crippen LogP contribution in [-0.4, -0.2) is 41.9 Å². The number of rotatable bonds is 9. The van der Waals surface area contributed by atoms with Gasteiger partial charge in [0.25, 0.3) is 0 Å². The van der Waals surface area contributed by atoms with Crippen molar-refractivity contribution in [3.63, 3.8) is 0 Å². The summed E-state index contributed by atoms with van der Waals surface area (Å²) in [6.07, 6.45) is 3.79. The molecule has 7 heteroatoms. The van der Waals surface area contributed by atoms with Crippen LogP contribution in [0.15, 0.2) is 36.5 Å². The molecule has 1 aromatic carbocycles. The third kappa shape index (κ3) is 6.58. The maximum Gasteiger partial charge on any atom is 0.303 e. The Bertz CT molecular complexity index is 867. The Morgan fingerprint density at radius 2 is 2.00 bits per heavy atom. The van der Waals surface area contributed by atoms with Crippen LogP contribution in [0, 0.1) is 5.92 Å². The van der Waals surface area contributed by atoms with Crippen LogP contribution < -0.4 is 10.2 Å². The molecule has 3 rings (SSSR count). The quantitative estimate of drug-likeness (QED) is 0.482. The second-order valence-corrected chi connectivity index (χ2v) is 9.05. The highest BCUT2D eigenvalue weighted by molar-refractivity contribution is 6.29. The smallest absolute Gasteiger partial charge is 0.303 e. The fourth-order valence-electron chi connectivity index (χ4n) is 4.03. The van der Waals surface area contributed by atoms with E-state index in [1.54, 1.807) is 12.3 Å². The summed E-state index contributed by atoms with van der Waals surface area (Å²) < 4.78 is 5.60. The van der Waals surface area contributed by atoms with Crippen molar-refractivity contribution < 1.29 is 14.6 Å². The minimum atomic E-state index is -0.795. The molecule has 6 nitrogen and oxygen atoms in total. The minimum Gasteiger partial charge on any atom is -0.481 e. The molecule has 2 aromatic rings. The first-order valence-electron chi connectivity index (χ1n) is 10.9. The number of aromatic nitrogens is 1. The first-order valence-corrected chi connectivity index (χ1v) is 11.3. The van der Waals surface area contributed by atoms with Gasteiger partial charge in [-0.2, -0.15) is 0 Å². The van der Waals surface area contributed by atoms with Crippen LogP contribution in [0.3, 0.4) is 0 Å². The fourth-order valence-corrected chi connectivity index (χ4v) is 4.14. The van der Waals surface area contributed by atoms with Crippen molar-refractivity contribution in [2.75, 3.05) is 30.0 Å². The number of carbonyl (C=O) groups is 1. The molecule has 0 bridgehead atoms. The number of aliphatic carboxylic acids is 1. The number of halogens is 1. The van der Waals surface area contributed by atoms with Gasteiger partial charge >= 0.3 is 5.97 Å². The summed E-state index contributed by atoms with van der Waals surface area (Å²) in [5.74, 6) is -0.382. The number of benzene rings is 1. The molecule has 0 aliphatic carbocycles. The van der Waals surface area contributed by atoms with Crippen molar-refractivity contribution in [1.29, 1.82) is 0 Å². The van der Waals surface area contributed by atoms with Crippen molar-refractivity contribution in [3.8, 4) is 0 Å². The molecule has 0 amide bonds. The topological polar surface area (TPSA) is 74.7 Å². The highest BCUT2D eigenvalue weighted by Gasteiger charge is 2.25. The van der Waals surface area contributed by atoms with Gasteiger partial charge in [-0.1, -0.05) is 38.4 Å². The molecule has 1 unspecified atom stereocenters. The van der Waals surface area contributed by atoms with Crippen LogP contribution in [0.1, 0.15) is 51.5 Å². The van der Waals surface area contributed by atoms with Gasteiger partial charge < -0.3 is 20.1 Å². The molecule has 1 atom stereocenters. The van der Waals surface area contributed by atoms with Crippen LogP contribution in [-0.2, 0) is 9.53 Å². The molecule has 0 radical (unpaired) electrons. The van der Waals surface area contributed by atoms with Gasteiger partial charge in [0.1, 0.15) is 5.15 Å². The number of hydrogen-bond acceptors (Lipinski definition) is 5. The van der Waals surface area contributed by atoms with E-state index in [0.717, 1.165) is 55.2 Å². The lowest BCUT2D eigenvalue weighted by atomic mass is 9.95. The number of carboxylic acid groups (broad SMARTS) is 1. The van der Waals surface area contributed by atoms with Gasteiger partial charge in [-0.3, -0.25) is 4.79 Å². The van der Waals surface area contributed by atoms with E-state index in [9.17, 15) is 9.90 Å². The van der Waals surface area contributed by atoms with E-state index < -0.39 is 5.97 Å². The summed E-state index contributed by atoms with van der Waals surface area (Å²) in [6.45, 7) is 8.88. The van der Waals surface area contributed by atoms with Crippen LogP contribution >= 0.6 is 11.6 Å². The van der Waals surface area contributed by atoms with Crippen molar-refractivity contribution in [2.24, 2.45) is 5.92 Å². The lowest BCUT2D eigenvalue weighted by molar-refractivity contribution is -0.137. The number of anilines is 3. The molecule has 1 fully saturated rings. The summed E-state index contributed by atoms with van der Waals surface area (Å²) in [5.41, 5.74) is 3.89. The van der Waals surface area contributed by atoms with Gasteiger partial charge in [0.15, 0.2) is 0 Å². The van der Waals surface area contributed by atoms with Crippen LogP contribution in [0.25, 0.3) is 0 Å². The van der Waals surface area contributed by atoms with Crippen molar-refractivity contribution in [1.82, 2.24) is 4.98 Å². The monoisotopic (exact) mass is 445 g/mol. The molecular weight excluding hydrogens is 414 g/mol. The van der Waals surface area contributed by atoms with E-state index in [1.807, 2.05) is 13.0 Å². The van der Waals surface area contributed by atoms with Gasteiger partial charge in [0.05, 0.1) is 29.7 Å². The van der Waals surface area contributed by atoms with Crippen molar-refractivity contribution in [3.05, 3.63) is 47.2 Å². The Balaban J connectivity index is 2.00. The van der Waals surface area contributed by atoms with E-state index in [2.05, 4.69) is 47.2 Å². The molecule has 2 heterocycles. The standard InChI is InChI=1S/C24H32ClN3O3/c1-16(2)15-28(20-8-10-31-11-9-20)22-6-4-18(17(3)12-24(29)30)13-21(22)27-19-5-7-23(25)26-14-19/h4-7,13-14,16-17,20,27H,8-12,15H2,1-3H3,(H,29,30). The van der Waals surface area contributed by atoms with E-state index in [1.165, 1.54) is 0 Å². The number of carboxylic acids is 1. The Kier molecular flexibility index (Phi) is 8.15. The van der Waals surface area contributed by atoms with Crippen LogP contribution in [0.4, 0.5) is 17.1 Å². The van der Waals surface area contributed by atoms with E-state index >= 15 is 0 Å². The maximum absolute atomic E-state index is 11.2. The predicted molar refractivity (Wildman–Crippen MR) is 126 cm³/mol. The first-order chi connectivity index (χ1) is 14.8. The second-order valence-electron chi connectivity index (χ2n) is 8.66. The van der Waals surface area contributed by atoms with Crippen LogP contribution in [0.2, 0.25) is 5.15 Å². The van der Waals surface area contributed by atoms with Gasteiger partial charge in [0.2, 0.25) is 0 Å². The highest BCUT2D eigenvalue weighted by atomic mass is 35.5. The molecular formula is C24H32ClN3O3. The van der Waals surface area contributed by atoms with Crippen molar-refractivity contribution >= 4 is 34.6 Å². The molecule has 2 N–H and O–H groups in total. The summed E-state index contributed by atoms with van der Waals surface area (Å²) in [7, 11) is 0. The van der Waals surface area contributed by atoms with Crippen LogP contribution in [0.5, 0.6) is 0 Å². The average molecular weight is 446 g/mol. The van der Waals surface area contributed by atoms with Gasteiger partial charge in [-0.25, -0.2) is 4.98 Å². The number of nitrogens with zero attached hydrogens (tertiary/aromatic N) is 2. The Labute approximate surface area is 189 Å². The van der Waals surface area contributed by atoms with Gasteiger partial charge in [0, 0.05) is 25.8 Å². The predicted octanol–water partition coefficient (Wildman–Crippen LogP) is 5.70. The lowest BCUT2D eigenvalue weighted by Crippen LogP contribution is -2.42. The summed E-state index contributed by atoms with van der Waals surface area (Å²) >= 11 is 5.96. The molecule has 1 aliphatic heterocycles. The summed E-state index contributed by atoms with van der Waals surface area (Å²) in [6, 6.07) is 10.3. The Morgan fingerprint density at radius 3 is 2.61 bits per heavy atom. The second kappa shape index (κ2) is 10.8. The normalized spacial score (nSPS) is 15.6. The zero-order valence-electron chi connectivity index (χ0n) is 18.5. The number of nitrogens with one attached hydrogen (secondary N) is 1. The highest BCUT2D eigenvalue weighted by Crippen LogP contribution is 2.36. The van der Waals surface area contributed by atoms with E-state index in [0.29, 0.717) is 17.1 Å². The first kappa shape index (κ1) is 23.4. The number of ether oxygens (including phenoxy) is 1. The van der Waals surface area contributed by atoms with E-state index in [-0.39, 0.29) is 12.3 Å². The van der Waals surface area contributed by atoms with Gasteiger partial charge in [-0.15, -0.1) is 0 Å². The lowest BCUT2D eigenvalue weighted by Gasteiger charge is -2.38. The summed E-state index contributed by atoms with van der Waals surface area (Å²) in [4.78, 5) is 17.9. The molecule has 0 spiro atoms. The van der Waals surface area contributed by atoms with Gasteiger partial charge in [-0.05, 0) is 54.5 Å². The number of pyridine rings is 1. The fraction of sp³-hybridized carbons (Fsp3) is 0.500. The Hall–Kier alpha value is -2.31. The Morgan fingerprint density at radius 1 is 1.26 bits per heavy atom. The molecule has 1 saturated heterocycles. The molecule has 1 aliphatic rings. The summed E-state index contributed by atoms with van der Waals surface area (Å²) in [5, 5.41) is 13.2. The number of hydrogen-bond donors (Lipinski definition) is 2. The molecule has 31 heavy (non-hydrogen) atoms. The molecule has 0 saturated carbocycles. The molecule has 168 valence electrons. The van der Waals surface area contributed by atoms with Crippen molar-refractivity contribution in [2.45, 2.75) is 52.0 Å². The average Bonchev–Trinajstić information content (AvgIpc) is 2.74. The minimum absolute atomic E-state index is 0.0860.